The summed E-state index contributed by atoms with van der Waals surface area (Å²) >= 11 is 9.94. The number of rotatable bonds is 6. The third-order valence-corrected chi connectivity index (χ3v) is 6.44. The van der Waals surface area contributed by atoms with Crippen LogP contribution in [0.1, 0.15) is 12.0 Å². The second-order valence-electron chi connectivity index (χ2n) is 7.84. The van der Waals surface area contributed by atoms with Crippen molar-refractivity contribution in [3.8, 4) is 11.3 Å². The molecular formula is C24H21BrClN5O2. The number of nitrogens with one attached hydrogen (secondary N) is 2. The van der Waals surface area contributed by atoms with Crippen LogP contribution >= 0.6 is 27.5 Å². The fourth-order valence-electron chi connectivity index (χ4n) is 3.81. The van der Waals surface area contributed by atoms with Crippen LogP contribution in [-0.2, 0) is 16.1 Å². The summed E-state index contributed by atoms with van der Waals surface area (Å²) in [6, 6.07) is 17.3. The molecule has 1 fully saturated rings. The van der Waals surface area contributed by atoms with Crippen molar-refractivity contribution >= 4 is 50.6 Å². The second-order valence-corrected chi connectivity index (χ2v) is 9.10. The van der Waals surface area contributed by atoms with E-state index in [1.807, 2.05) is 54.6 Å². The molecule has 1 saturated heterocycles. The normalized spacial score (nSPS) is 15.6. The molecule has 7 nitrogen and oxygen atoms in total. The lowest BCUT2D eigenvalue weighted by molar-refractivity contribution is -0.119. The van der Waals surface area contributed by atoms with E-state index >= 15 is 0 Å². The van der Waals surface area contributed by atoms with Gasteiger partial charge in [-0.3, -0.25) is 4.79 Å². The smallest absolute Gasteiger partial charge is 0.229 e. The summed E-state index contributed by atoms with van der Waals surface area (Å²) in [5.74, 6) is 0.691. The Kier molecular flexibility index (Phi) is 6.30. The molecule has 2 aromatic heterocycles. The van der Waals surface area contributed by atoms with Gasteiger partial charge in [0.1, 0.15) is 5.82 Å². The van der Waals surface area contributed by atoms with E-state index in [4.69, 9.17) is 21.3 Å². The number of hydrogen-bond donors (Lipinski definition) is 2. The van der Waals surface area contributed by atoms with E-state index in [1.165, 1.54) is 0 Å². The first-order valence-electron chi connectivity index (χ1n) is 10.6. The van der Waals surface area contributed by atoms with E-state index in [0.29, 0.717) is 30.4 Å². The standard InChI is InChI=1S/C24H21BrClN5O2/c25-19-13-28-31-22(11-21(30-23(19)31)18-6-1-2-7-20(18)26)27-12-15-4-3-5-17(10-15)29-24(32)16-8-9-33-14-16/h1-7,10-11,13,16,27H,8-9,12,14H2,(H,29,32). The molecule has 3 heterocycles. The Hall–Kier alpha value is -2.94. The number of nitrogens with zero attached hydrogens (tertiary/aromatic N) is 3. The highest BCUT2D eigenvalue weighted by Crippen LogP contribution is 2.30. The lowest BCUT2D eigenvalue weighted by Gasteiger charge is -2.13. The molecule has 1 aliphatic rings. The van der Waals surface area contributed by atoms with Gasteiger partial charge in [0.15, 0.2) is 5.65 Å². The van der Waals surface area contributed by atoms with Crippen molar-refractivity contribution in [1.82, 2.24) is 14.6 Å². The molecule has 33 heavy (non-hydrogen) atoms. The number of carbonyl (C=O) groups excluding carboxylic acids is 1. The van der Waals surface area contributed by atoms with E-state index in [2.05, 4.69) is 31.7 Å². The zero-order valence-corrected chi connectivity index (χ0v) is 19.9. The number of ether oxygens (including phenoxy) is 1. The van der Waals surface area contributed by atoms with Crippen LogP contribution in [0.3, 0.4) is 0 Å². The monoisotopic (exact) mass is 525 g/mol. The minimum Gasteiger partial charge on any atom is -0.381 e. The Morgan fingerprint density at radius 1 is 1.21 bits per heavy atom. The molecule has 0 saturated carbocycles. The Balaban J connectivity index is 1.38. The molecule has 0 spiro atoms. The van der Waals surface area contributed by atoms with E-state index in [1.54, 1.807) is 10.7 Å². The van der Waals surface area contributed by atoms with E-state index < -0.39 is 0 Å². The maximum absolute atomic E-state index is 12.4. The lowest BCUT2D eigenvalue weighted by Crippen LogP contribution is -2.22. The Morgan fingerprint density at radius 2 is 2.09 bits per heavy atom. The molecule has 1 atom stereocenters. The highest BCUT2D eigenvalue weighted by Gasteiger charge is 2.23. The fraction of sp³-hybridized carbons (Fsp3) is 0.208. The van der Waals surface area contributed by atoms with Crippen LogP contribution in [0.2, 0.25) is 5.02 Å². The van der Waals surface area contributed by atoms with Crippen molar-refractivity contribution in [3.05, 3.63) is 75.9 Å². The number of aromatic nitrogens is 3. The summed E-state index contributed by atoms with van der Waals surface area (Å²) < 4.78 is 7.86. The van der Waals surface area contributed by atoms with Crippen LogP contribution < -0.4 is 10.6 Å². The topological polar surface area (TPSA) is 80.5 Å². The van der Waals surface area contributed by atoms with Gasteiger partial charge in [-0.15, -0.1) is 0 Å². The largest absolute Gasteiger partial charge is 0.381 e. The number of hydrogen-bond acceptors (Lipinski definition) is 5. The Morgan fingerprint density at radius 3 is 2.91 bits per heavy atom. The summed E-state index contributed by atoms with van der Waals surface area (Å²) in [6.07, 6.45) is 2.48. The first-order chi connectivity index (χ1) is 16.1. The average molecular weight is 527 g/mol. The molecule has 0 radical (unpaired) electrons. The van der Waals surface area contributed by atoms with Crippen molar-refractivity contribution in [3.63, 3.8) is 0 Å². The molecule has 0 bridgehead atoms. The summed E-state index contributed by atoms with van der Waals surface area (Å²) in [7, 11) is 0. The van der Waals surface area contributed by atoms with E-state index in [9.17, 15) is 4.79 Å². The highest BCUT2D eigenvalue weighted by molar-refractivity contribution is 9.10. The predicted octanol–water partition coefficient (Wildman–Crippen LogP) is 5.40. The van der Waals surface area contributed by atoms with Crippen LogP contribution in [0.25, 0.3) is 16.9 Å². The molecule has 0 aliphatic carbocycles. The highest BCUT2D eigenvalue weighted by atomic mass is 79.9. The summed E-state index contributed by atoms with van der Waals surface area (Å²) in [4.78, 5) is 17.2. The Bertz CT molecular complexity index is 1320. The van der Waals surface area contributed by atoms with Gasteiger partial charge in [-0.1, -0.05) is 41.9 Å². The molecule has 5 rings (SSSR count). The van der Waals surface area contributed by atoms with Crippen LogP contribution in [0.4, 0.5) is 11.5 Å². The van der Waals surface area contributed by atoms with Gasteiger partial charge in [0, 0.05) is 35.5 Å². The maximum atomic E-state index is 12.4. The fourth-order valence-corrected chi connectivity index (χ4v) is 4.39. The van der Waals surface area contributed by atoms with E-state index in [-0.39, 0.29) is 11.8 Å². The van der Waals surface area contributed by atoms with Gasteiger partial charge in [-0.2, -0.15) is 9.61 Å². The van der Waals surface area contributed by atoms with E-state index in [0.717, 1.165) is 39.2 Å². The molecular weight excluding hydrogens is 506 g/mol. The Labute approximate surface area is 204 Å². The SMILES string of the molecule is O=C(Nc1cccc(CNc2cc(-c3ccccc3Cl)nc3c(Br)cnn23)c1)C1CCOC1. The molecule has 1 amide bonds. The summed E-state index contributed by atoms with van der Waals surface area (Å²) in [5.41, 5.74) is 4.07. The van der Waals surface area contributed by atoms with Crippen molar-refractivity contribution in [2.45, 2.75) is 13.0 Å². The third kappa shape index (κ3) is 4.73. The van der Waals surface area contributed by atoms with Gasteiger partial charge in [-0.05, 0) is 46.1 Å². The first-order valence-corrected chi connectivity index (χ1v) is 11.8. The zero-order valence-electron chi connectivity index (χ0n) is 17.6. The average Bonchev–Trinajstić information content (AvgIpc) is 3.49. The number of benzene rings is 2. The number of carbonyl (C=O) groups is 1. The molecule has 9 heteroatoms. The number of fused-ring (bicyclic) bond motifs is 1. The predicted molar refractivity (Wildman–Crippen MR) is 132 cm³/mol. The summed E-state index contributed by atoms with van der Waals surface area (Å²) in [6.45, 7) is 1.66. The van der Waals surface area contributed by atoms with Crippen molar-refractivity contribution in [1.29, 1.82) is 0 Å². The number of anilines is 2. The molecule has 1 unspecified atom stereocenters. The molecule has 2 aromatic carbocycles. The molecule has 2 N–H and O–H groups in total. The van der Waals surface area contributed by atoms with Crippen LogP contribution in [0, 0.1) is 5.92 Å². The summed E-state index contributed by atoms with van der Waals surface area (Å²) in [5, 5.41) is 11.5. The van der Waals surface area contributed by atoms with Gasteiger partial charge < -0.3 is 15.4 Å². The van der Waals surface area contributed by atoms with Crippen molar-refractivity contribution in [2.75, 3.05) is 23.8 Å². The van der Waals surface area contributed by atoms with Crippen molar-refractivity contribution in [2.24, 2.45) is 5.92 Å². The van der Waals surface area contributed by atoms with Crippen molar-refractivity contribution < 1.29 is 9.53 Å². The molecule has 4 aromatic rings. The molecule has 168 valence electrons. The van der Waals surface area contributed by atoms with Gasteiger partial charge in [0.05, 0.1) is 28.9 Å². The maximum Gasteiger partial charge on any atom is 0.229 e. The van der Waals surface area contributed by atoms with Crippen LogP contribution in [-0.4, -0.2) is 33.7 Å². The number of halogens is 2. The third-order valence-electron chi connectivity index (χ3n) is 5.55. The zero-order chi connectivity index (χ0) is 22.8. The minimum atomic E-state index is -0.0848. The first kappa shape index (κ1) is 21.9. The van der Waals surface area contributed by atoms with Gasteiger partial charge >= 0.3 is 0 Å². The minimum absolute atomic E-state index is 0.000718. The molecule has 1 aliphatic heterocycles. The lowest BCUT2D eigenvalue weighted by atomic mass is 10.1. The quantitative estimate of drug-likeness (QED) is 0.352. The second kappa shape index (κ2) is 9.51. The number of amides is 1. The van der Waals surface area contributed by atoms with Gasteiger partial charge in [0.2, 0.25) is 5.91 Å². The van der Waals surface area contributed by atoms with Gasteiger partial charge in [0.25, 0.3) is 0 Å². The van der Waals surface area contributed by atoms with Crippen LogP contribution in [0.15, 0.2) is 65.3 Å². The van der Waals surface area contributed by atoms with Crippen LogP contribution in [0.5, 0.6) is 0 Å². The van der Waals surface area contributed by atoms with Gasteiger partial charge in [-0.25, -0.2) is 4.98 Å².